The van der Waals surface area contributed by atoms with E-state index in [0.29, 0.717) is 24.1 Å². The van der Waals surface area contributed by atoms with Gasteiger partial charge in [-0.3, -0.25) is 4.55 Å². The van der Waals surface area contributed by atoms with Crippen LogP contribution in [0.1, 0.15) is 38.4 Å². The van der Waals surface area contributed by atoms with Crippen molar-refractivity contribution in [1.29, 1.82) is 0 Å². The molecular weight excluding hydrogens is 308 g/mol. The molecule has 0 saturated carbocycles. The van der Waals surface area contributed by atoms with Crippen LogP contribution in [0.5, 0.6) is 0 Å². The second-order valence-corrected chi connectivity index (χ2v) is 6.76. The number of benzene rings is 1. The van der Waals surface area contributed by atoms with E-state index in [2.05, 4.69) is 0 Å². The number of hydrogen-bond donors (Lipinski definition) is 2. The van der Waals surface area contributed by atoms with Gasteiger partial charge in [-0.1, -0.05) is 32.0 Å². The Hall–Kier alpha value is -1.19. The van der Waals surface area contributed by atoms with E-state index in [4.69, 9.17) is 15.2 Å². The van der Waals surface area contributed by atoms with Crippen LogP contribution in [-0.4, -0.2) is 36.3 Å². The third kappa shape index (κ3) is 3.11. The minimum atomic E-state index is -4.42. The summed E-state index contributed by atoms with van der Waals surface area (Å²) in [5, 5.41) is 0. The standard InChI is InChI=1S/C14H22N2O5S/c1-4-14(5-2)20-12(10-8-6-7-9-11(10)15)13(21-14)16(3)22(17,18)19/h6-9,12-13H,4-5,15H2,1-3H3,(H,17,18,19). The van der Waals surface area contributed by atoms with Gasteiger partial charge in [0.2, 0.25) is 0 Å². The molecule has 7 nitrogen and oxygen atoms in total. The monoisotopic (exact) mass is 330 g/mol. The van der Waals surface area contributed by atoms with Crippen LogP contribution >= 0.6 is 0 Å². The van der Waals surface area contributed by atoms with Crippen LogP contribution in [0.15, 0.2) is 24.3 Å². The van der Waals surface area contributed by atoms with Crippen molar-refractivity contribution >= 4 is 16.0 Å². The van der Waals surface area contributed by atoms with Gasteiger partial charge < -0.3 is 15.2 Å². The van der Waals surface area contributed by atoms with Gasteiger partial charge in [-0.2, -0.15) is 12.7 Å². The van der Waals surface area contributed by atoms with E-state index in [1.54, 1.807) is 24.3 Å². The Bertz CT molecular complexity index is 630. The highest BCUT2D eigenvalue weighted by molar-refractivity contribution is 7.83. The molecule has 2 atom stereocenters. The lowest BCUT2D eigenvalue weighted by atomic mass is 10.1. The Morgan fingerprint density at radius 1 is 1.27 bits per heavy atom. The first-order valence-corrected chi connectivity index (χ1v) is 8.54. The summed E-state index contributed by atoms with van der Waals surface area (Å²) in [4.78, 5) is 0. The quantitative estimate of drug-likeness (QED) is 0.632. The maximum absolute atomic E-state index is 11.5. The zero-order valence-corrected chi connectivity index (χ0v) is 13.7. The molecule has 22 heavy (non-hydrogen) atoms. The molecular formula is C14H22N2O5S. The fourth-order valence-electron chi connectivity index (χ4n) is 2.57. The summed E-state index contributed by atoms with van der Waals surface area (Å²) < 4.78 is 44.9. The van der Waals surface area contributed by atoms with Crippen LogP contribution in [0.4, 0.5) is 5.69 Å². The lowest BCUT2D eigenvalue weighted by Crippen LogP contribution is -2.41. The maximum Gasteiger partial charge on any atom is 0.337 e. The van der Waals surface area contributed by atoms with Crippen LogP contribution in [0.3, 0.4) is 0 Å². The molecule has 0 bridgehead atoms. The number of ether oxygens (including phenoxy) is 2. The molecule has 0 amide bonds. The number of nitrogens with zero attached hydrogens (tertiary/aromatic N) is 1. The number of likely N-dealkylation sites (N-methyl/N-ethyl adjacent to an activating group) is 1. The number of hydrogen-bond acceptors (Lipinski definition) is 5. The summed E-state index contributed by atoms with van der Waals surface area (Å²) in [5.74, 6) is -0.906. The summed E-state index contributed by atoms with van der Waals surface area (Å²) in [6.07, 6.45) is -0.613. The number of rotatable bonds is 5. The molecule has 0 spiro atoms. The fraction of sp³-hybridized carbons (Fsp3) is 0.571. The SMILES string of the molecule is CCC1(CC)OC(c2ccccc2N)C(N(C)S(=O)(=O)O)O1. The van der Waals surface area contributed by atoms with E-state index in [1.165, 1.54) is 7.05 Å². The molecule has 1 aliphatic heterocycles. The molecule has 0 radical (unpaired) electrons. The molecule has 1 heterocycles. The van der Waals surface area contributed by atoms with Crippen molar-refractivity contribution in [2.45, 2.75) is 44.8 Å². The van der Waals surface area contributed by atoms with Crippen molar-refractivity contribution in [3.8, 4) is 0 Å². The molecule has 0 aromatic heterocycles. The van der Waals surface area contributed by atoms with Gasteiger partial charge in [0.25, 0.3) is 0 Å². The van der Waals surface area contributed by atoms with E-state index in [1.807, 2.05) is 13.8 Å². The second kappa shape index (κ2) is 6.13. The summed E-state index contributed by atoms with van der Waals surface area (Å²) in [6, 6.07) is 7.04. The average Bonchev–Trinajstić information content (AvgIpc) is 2.86. The van der Waals surface area contributed by atoms with Crippen molar-refractivity contribution in [3.05, 3.63) is 29.8 Å². The molecule has 0 aliphatic carbocycles. The molecule has 1 aliphatic rings. The summed E-state index contributed by atoms with van der Waals surface area (Å²) >= 11 is 0. The van der Waals surface area contributed by atoms with Gasteiger partial charge in [0.1, 0.15) is 6.10 Å². The molecule has 2 unspecified atom stereocenters. The zero-order valence-electron chi connectivity index (χ0n) is 12.9. The third-order valence-corrected chi connectivity index (χ3v) is 4.97. The van der Waals surface area contributed by atoms with E-state index in [-0.39, 0.29) is 0 Å². The largest absolute Gasteiger partial charge is 0.398 e. The van der Waals surface area contributed by atoms with Crippen molar-refractivity contribution in [2.24, 2.45) is 0 Å². The third-order valence-electron chi connectivity index (χ3n) is 4.04. The van der Waals surface area contributed by atoms with E-state index in [9.17, 15) is 13.0 Å². The lowest BCUT2D eigenvalue weighted by molar-refractivity contribution is -0.186. The first-order valence-electron chi connectivity index (χ1n) is 7.14. The van der Waals surface area contributed by atoms with Crippen LogP contribution in [0, 0.1) is 0 Å². The smallest absolute Gasteiger partial charge is 0.337 e. The Labute approximate surface area is 130 Å². The van der Waals surface area contributed by atoms with Gasteiger partial charge >= 0.3 is 10.3 Å². The predicted molar refractivity (Wildman–Crippen MR) is 82.2 cm³/mol. The summed E-state index contributed by atoms with van der Waals surface area (Å²) in [5.41, 5.74) is 7.09. The van der Waals surface area contributed by atoms with Crippen LogP contribution in [0.25, 0.3) is 0 Å². The Balaban J connectivity index is 2.46. The first kappa shape index (κ1) is 17.2. The fourth-order valence-corrected chi connectivity index (χ4v) is 2.98. The van der Waals surface area contributed by atoms with Gasteiger partial charge in [-0.25, -0.2) is 0 Å². The van der Waals surface area contributed by atoms with Gasteiger partial charge in [0.15, 0.2) is 12.0 Å². The van der Waals surface area contributed by atoms with E-state index < -0.39 is 28.4 Å². The lowest BCUT2D eigenvalue weighted by Gasteiger charge is -2.26. The number of para-hydroxylation sites is 1. The molecule has 1 fully saturated rings. The molecule has 1 aromatic carbocycles. The minimum absolute atomic E-state index is 0.479. The molecule has 1 saturated heterocycles. The zero-order chi connectivity index (χ0) is 16.5. The number of nitrogen functional groups attached to an aromatic ring is 1. The molecule has 124 valence electrons. The number of anilines is 1. The average molecular weight is 330 g/mol. The van der Waals surface area contributed by atoms with Crippen LogP contribution < -0.4 is 5.73 Å². The summed E-state index contributed by atoms with van der Waals surface area (Å²) in [7, 11) is -3.17. The Morgan fingerprint density at radius 2 is 1.86 bits per heavy atom. The first-order chi connectivity index (χ1) is 10.2. The van der Waals surface area contributed by atoms with Crippen molar-refractivity contribution in [3.63, 3.8) is 0 Å². The van der Waals surface area contributed by atoms with Crippen molar-refractivity contribution < 1.29 is 22.4 Å². The van der Waals surface area contributed by atoms with Crippen molar-refractivity contribution in [2.75, 3.05) is 12.8 Å². The maximum atomic E-state index is 11.5. The Kier molecular flexibility index (Phi) is 4.78. The minimum Gasteiger partial charge on any atom is -0.398 e. The van der Waals surface area contributed by atoms with Gasteiger partial charge in [0.05, 0.1) is 0 Å². The second-order valence-electron chi connectivity index (χ2n) is 5.29. The highest BCUT2D eigenvalue weighted by Crippen LogP contribution is 2.44. The normalized spacial score (nSPS) is 24.8. The highest BCUT2D eigenvalue weighted by Gasteiger charge is 2.50. The van der Waals surface area contributed by atoms with E-state index >= 15 is 0 Å². The van der Waals surface area contributed by atoms with Crippen molar-refractivity contribution in [1.82, 2.24) is 4.31 Å². The molecule has 2 rings (SSSR count). The van der Waals surface area contributed by atoms with Crippen LogP contribution in [0.2, 0.25) is 0 Å². The molecule has 1 aromatic rings. The van der Waals surface area contributed by atoms with Gasteiger partial charge in [-0.15, -0.1) is 0 Å². The molecule has 8 heteroatoms. The predicted octanol–water partition coefficient (Wildman–Crippen LogP) is 1.93. The van der Waals surface area contributed by atoms with Crippen LogP contribution in [-0.2, 0) is 19.8 Å². The highest BCUT2D eigenvalue weighted by atomic mass is 32.2. The topological polar surface area (TPSA) is 102 Å². The van der Waals surface area contributed by atoms with Gasteiger partial charge in [0, 0.05) is 18.3 Å². The Morgan fingerprint density at radius 3 is 2.36 bits per heavy atom. The number of nitrogens with two attached hydrogens (primary N) is 1. The summed E-state index contributed by atoms with van der Waals surface area (Å²) in [6.45, 7) is 3.79. The van der Waals surface area contributed by atoms with E-state index in [0.717, 1.165) is 4.31 Å². The van der Waals surface area contributed by atoms with Gasteiger partial charge in [-0.05, 0) is 18.9 Å². The molecule has 3 N–H and O–H groups in total.